The van der Waals surface area contributed by atoms with Gasteiger partial charge in [0.15, 0.2) is 0 Å². The van der Waals surface area contributed by atoms with Crippen LogP contribution < -0.4 is 4.74 Å². The molecule has 4 heteroatoms. The molecule has 1 aromatic carbocycles. The SMILES string of the molecule is CCCCCCCC(O)COc1ccccc1C=NO. The Balaban J connectivity index is 2.28. The highest BCUT2D eigenvalue weighted by atomic mass is 16.5. The van der Waals surface area contributed by atoms with E-state index in [1.54, 1.807) is 12.1 Å². The molecular weight excluding hydrogens is 254 g/mol. The Bertz CT molecular complexity index is 393. The lowest BCUT2D eigenvalue weighted by Gasteiger charge is -2.13. The molecule has 20 heavy (non-hydrogen) atoms. The third-order valence-corrected chi connectivity index (χ3v) is 3.19. The third-order valence-electron chi connectivity index (χ3n) is 3.19. The van der Waals surface area contributed by atoms with Crippen molar-refractivity contribution < 1.29 is 15.1 Å². The van der Waals surface area contributed by atoms with Crippen LogP contribution in [0.15, 0.2) is 29.4 Å². The van der Waals surface area contributed by atoms with Gasteiger partial charge in [0.2, 0.25) is 0 Å². The predicted molar refractivity (Wildman–Crippen MR) is 80.7 cm³/mol. The van der Waals surface area contributed by atoms with E-state index < -0.39 is 6.10 Å². The highest BCUT2D eigenvalue weighted by Gasteiger charge is 2.07. The van der Waals surface area contributed by atoms with Crippen LogP contribution in [0.5, 0.6) is 5.75 Å². The number of para-hydroxylation sites is 1. The third kappa shape index (κ3) is 6.57. The Kier molecular flexibility index (Phi) is 8.47. The van der Waals surface area contributed by atoms with E-state index in [4.69, 9.17) is 9.94 Å². The van der Waals surface area contributed by atoms with Gasteiger partial charge in [-0.25, -0.2) is 0 Å². The molecule has 1 atom stereocenters. The summed E-state index contributed by atoms with van der Waals surface area (Å²) in [4.78, 5) is 0. The monoisotopic (exact) mass is 279 g/mol. The van der Waals surface area contributed by atoms with Crippen molar-refractivity contribution in [1.82, 2.24) is 0 Å². The van der Waals surface area contributed by atoms with Gasteiger partial charge in [-0.1, -0.05) is 56.3 Å². The van der Waals surface area contributed by atoms with E-state index in [2.05, 4.69) is 12.1 Å². The number of aliphatic hydroxyl groups excluding tert-OH is 1. The maximum Gasteiger partial charge on any atom is 0.128 e. The van der Waals surface area contributed by atoms with Gasteiger partial charge in [-0.15, -0.1) is 0 Å². The van der Waals surface area contributed by atoms with E-state index in [9.17, 15) is 5.11 Å². The van der Waals surface area contributed by atoms with Crippen LogP contribution in [0.4, 0.5) is 0 Å². The largest absolute Gasteiger partial charge is 0.490 e. The molecular formula is C16H25NO3. The number of oxime groups is 1. The predicted octanol–water partition coefficient (Wildman–Crippen LogP) is 3.59. The average molecular weight is 279 g/mol. The fraction of sp³-hybridized carbons (Fsp3) is 0.562. The van der Waals surface area contributed by atoms with Gasteiger partial charge in [-0.2, -0.15) is 0 Å². The van der Waals surface area contributed by atoms with Crippen LogP contribution in [0.3, 0.4) is 0 Å². The molecule has 2 N–H and O–H groups in total. The van der Waals surface area contributed by atoms with Crippen LogP contribution >= 0.6 is 0 Å². The van der Waals surface area contributed by atoms with Crippen LogP contribution in [0, 0.1) is 0 Å². The Morgan fingerprint density at radius 3 is 2.70 bits per heavy atom. The first-order chi connectivity index (χ1) is 9.77. The number of unbranched alkanes of at least 4 members (excludes halogenated alkanes) is 4. The molecule has 0 saturated carbocycles. The second kappa shape index (κ2) is 10.3. The normalized spacial score (nSPS) is 12.7. The molecule has 0 heterocycles. The van der Waals surface area contributed by atoms with Gasteiger partial charge >= 0.3 is 0 Å². The van der Waals surface area contributed by atoms with Crippen LogP contribution in [0.2, 0.25) is 0 Å². The Morgan fingerprint density at radius 1 is 1.20 bits per heavy atom. The molecule has 0 bridgehead atoms. The standard InChI is InChI=1S/C16H25NO3/c1-2-3-4-5-6-10-15(18)13-20-16-11-8-7-9-14(16)12-17-19/h7-9,11-12,15,18-19H,2-6,10,13H2,1H3. The lowest BCUT2D eigenvalue weighted by molar-refractivity contribution is 0.0974. The summed E-state index contributed by atoms with van der Waals surface area (Å²) in [7, 11) is 0. The van der Waals surface area contributed by atoms with Crippen LogP contribution in [0.1, 0.15) is 51.0 Å². The Hall–Kier alpha value is -1.55. The molecule has 0 aliphatic heterocycles. The molecule has 0 aliphatic rings. The number of rotatable bonds is 10. The first kappa shape index (κ1) is 16.5. The van der Waals surface area contributed by atoms with Crippen molar-refractivity contribution in [3.8, 4) is 5.75 Å². The number of aliphatic hydroxyl groups is 1. The zero-order chi connectivity index (χ0) is 14.6. The molecule has 0 spiro atoms. The number of hydrogen-bond acceptors (Lipinski definition) is 4. The number of nitrogens with zero attached hydrogens (tertiary/aromatic N) is 1. The highest BCUT2D eigenvalue weighted by molar-refractivity contribution is 5.82. The lowest BCUT2D eigenvalue weighted by Crippen LogP contribution is -2.17. The molecule has 0 aromatic heterocycles. The van der Waals surface area contributed by atoms with Gasteiger partial charge in [0.1, 0.15) is 12.4 Å². The summed E-state index contributed by atoms with van der Waals surface area (Å²) in [6.07, 6.45) is 7.57. The molecule has 0 saturated heterocycles. The zero-order valence-corrected chi connectivity index (χ0v) is 12.2. The number of benzene rings is 1. The highest BCUT2D eigenvalue weighted by Crippen LogP contribution is 2.17. The quantitative estimate of drug-likeness (QED) is 0.298. The summed E-state index contributed by atoms with van der Waals surface area (Å²) in [5, 5.41) is 21.5. The summed E-state index contributed by atoms with van der Waals surface area (Å²) in [6, 6.07) is 7.28. The fourth-order valence-electron chi connectivity index (χ4n) is 2.03. The Labute approximate surface area is 121 Å². The molecule has 0 radical (unpaired) electrons. The van der Waals surface area contributed by atoms with E-state index in [-0.39, 0.29) is 6.61 Å². The topological polar surface area (TPSA) is 62.0 Å². The molecule has 1 aromatic rings. The van der Waals surface area contributed by atoms with Crippen molar-refractivity contribution in [2.24, 2.45) is 5.16 Å². The van der Waals surface area contributed by atoms with Crippen molar-refractivity contribution >= 4 is 6.21 Å². The average Bonchev–Trinajstić information content (AvgIpc) is 2.46. The zero-order valence-electron chi connectivity index (χ0n) is 12.2. The smallest absolute Gasteiger partial charge is 0.128 e. The first-order valence-corrected chi connectivity index (χ1v) is 7.35. The van der Waals surface area contributed by atoms with E-state index in [1.807, 2.05) is 12.1 Å². The summed E-state index contributed by atoms with van der Waals surface area (Å²) < 4.78 is 5.58. The number of hydrogen-bond donors (Lipinski definition) is 2. The fourth-order valence-corrected chi connectivity index (χ4v) is 2.03. The second-order valence-corrected chi connectivity index (χ2v) is 4.95. The molecule has 4 nitrogen and oxygen atoms in total. The minimum Gasteiger partial charge on any atom is -0.490 e. The van der Waals surface area contributed by atoms with Crippen molar-refractivity contribution in [3.63, 3.8) is 0 Å². The van der Waals surface area contributed by atoms with Crippen molar-refractivity contribution in [2.75, 3.05) is 6.61 Å². The minimum atomic E-state index is -0.448. The Morgan fingerprint density at radius 2 is 1.95 bits per heavy atom. The van der Waals surface area contributed by atoms with Crippen molar-refractivity contribution in [2.45, 2.75) is 51.6 Å². The summed E-state index contributed by atoms with van der Waals surface area (Å²) in [6.45, 7) is 2.46. The van der Waals surface area contributed by atoms with Gasteiger partial charge in [0, 0.05) is 5.56 Å². The van der Waals surface area contributed by atoms with Crippen LogP contribution in [0.25, 0.3) is 0 Å². The maximum atomic E-state index is 9.88. The summed E-state index contributed by atoms with van der Waals surface area (Å²) in [5.41, 5.74) is 0.699. The molecule has 0 aliphatic carbocycles. The van der Waals surface area contributed by atoms with E-state index in [0.29, 0.717) is 11.3 Å². The molecule has 112 valence electrons. The molecule has 1 rings (SSSR count). The van der Waals surface area contributed by atoms with E-state index in [1.165, 1.54) is 31.9 Å². The summed E-state index contributed by atoms with van der Waals surface area (Å²) in [5.74, 6) is 0.621. The lowest BCUT2D eigenvalue weighted by atomic mass is 10.1. The molecule has 0 fully saturated rings. The second-order valence-electron chi connectivity index (χ2n) is 4.95. The van der Waals surface area contributed by atoms with Gasteiger partial charge < -0.3 is 15.1 Å². The molecule has 0 amide bonds. The van der Waals surface area contributed by atoms with Crippen LogP contribution in [-0.4, -0.2) is 29.2 Å². The minimum absolute atomic E-state index is 0.268. The van der Waals surface area contributed by atoms with Gasteiger partial charge in [-0.3, -0.25) is 0 Å². The first-order valence-electron chi connectivity index (χ1n) is 7.35. The van der Waals surface area contributed by atoms with Crippen molar-refractivity contribution in [3.05, 3.63) is 29.8 Å². The summed E-state index contributed by atoms with van der Waals surface area (Å²) >= 11 is 0. The molecule has 1 unspecified atom stereocenters. The van der Waals surface area contributed by atoms with Gasteiger partial charge in [-0.05, 0) is 18.6 Å². The van der Waals surface area contributed by atoms with Crippen LogP contribution in [-0.2, 0) is 0 Å². The van der Waals surface area contributed by atoms with E-state index >= 15 is 0 Å². The van der Waals surface area contributed by atoms with Gasteiger partial charge in [0.25, 0.3) is 0 Å². The maximum absolute atomic E-state index is 9.88. The number of ether oxygens (including phenoxy) is 1. The van der Waals surface area contributed by atoms with Gasteiger partial charge in [0.05, 0.1) is 12.3 Å². The van der Waals surface area contributed by atoms with Crippen molar-refractivity contribution in [1.29, 1.82) is 0 Å². The van der Waals surface area contributed by atoms with E-state index in [0.717, 1.165) is 12.8 Å².